The molecule has 0 saturated heterocycles. The van der Waals surface area contributed by atoms with E-state index in [-0.39, 0.29) is 13.2 Å². The number of hydrogen-bond donors (Lipinski definition) is 2. The van der Waals surface area contributed by atoms with Crippen LogP contribution in [0.1, 0.15) is 36.9 Å². The van der Waals surface area contributed by atoms with Gasteiger partial charge < -0.3 is 10.2 Å². The number of aliphatic hydroxyl groups is 2. The third-order valence-corrected chi connectivity index (χ3v) is 5.12. The van der Waals surface area contributed by atoms with Crippen LogP contribution in [-0.4, -0.2) is 33.2 Å². The Labute approximate surface area is 119 Å². The van der Waals surface area contributed by atoms with Crippen molar-refractivity contribution in [2.45, 2.75) is 39.0 Å². The molecule has 1 heterocycles. The Morgan fingerprint density at radius 3 is 2.32 bits per heavy atom. The van der Waals surface area contributed by atoms with E-state index in [4.69, 9.17) is 11.6 Å². The Bertz CT molecular complexity index is 435. The standard InChI is InChI=1S/C14H23ClN2O2/c1-10-12(13(15)17(2)16-10)7-14(8-18,9-19)11-5-3-4-6-11/h11,18-19H,3-9H2,1-2H3. The summed E-state index contributed by atoms with van der Waals surface area (Å²) in [6.07, 6.45) is 5.14. The van der Waals surface area contributed by atoms with Crippen molar-refractivity contribution in [1.82, 2.24) is 9.78 Å². The Morgan fingerprint density at radius 1 is 1.32 bits per heavy atom. The van der Waals surface area contributed by atoms with Crippen molar-refractivity contribution >= 4 is 11.6 Å². The molecule has 2 N–H and O–H groups in total. The van der Waals surface area contributed by atoms with E-state index in [9.17, 15) is 10.2 Å². The topological polar surface area (TPSA) is 58.3 Å². The van der Waals surface area contributed by atoms with Crippen LogP contribution in [0, 0.1) is 18.3 Å². The summed E-state index contributed by atoms with van der Waals surface area (Å²) in [7, 11) is 1.81. The lowest BCUT2D eigenvalue weighted by molar-refractivity contribution is 0.00561. The van der Waals surface area contributed by atoms with E-state index >= 15 is 0 Å². The first kappa shape index (κ1) is 14.8. The van der Waals surface area contributed by atoms with Crippen LogP contribution in [0.4, 0.5) is 0 Å². The van der Waals surface area contributed by atoms with Crippen molar-refractivity contribution in [1.29, 1.82) is 0 Å². The summed E-state index contributed by atoms with van der Waals surface area (Å²) in [6.45, 7) is 1.92. The van der Waals surface area contributed by atoms with Gasteiger partial charge in [0.15, 0.2) is 0 Å². The van der Waals surface area contributed by atoms with Gasteiger partial charge in [-0.05, 0) is 32.1 Å². The second-order valence-corrected chi connectivity index (χ2v) is 6.17. The molecule has 0 aliphatic heterocycles. The van der Waals surface area contributed by atoms with Crippen LogP contribution in [0.25, 0.3) is 0 Å². The molecule has 1 fully saturated rings. The predicted octanol–water partition coefficient (Wildman–Crippen LogP) is 2.09. The number of aromatic nitrogens is 2. The molecule has 0 atom stereocenters. The van der Waals surface area contributed by atoms with Gasteiger partial charge in [-0.1, -0.05) is 24.4 Å². The number of rotatable bonds is 5. The van der Waals surface area contributed by atoms with E-state index in [0.29, 0.717) is 17.5 Å². The van der Waals surface area contributed by atoms with Crippen LogP contribution >= 0.6 is 11.6 Å². The van der Waals surface area contributed by atoms with Crippen molar-refractivity contribution in [2.24, 2.45) is 18.4 Å². The highest BCUT2D eigenvalue weighted by Crippen LogP contribution is 2.43. The summed E-state index contributed by atoms with van der Waals surface area (Å²) >= 11 is 6.28. The Balaban J connectivity index is 2.29. The number of nitrogens with zero attached hydrogens (tertiary/aromatic N) is 2. The van der Waals surface area contributed by atoms with E-state index in [2.05, 4.69) is 5.10 Å². The lowest BCUT2D eigenvalue weighted by Crippen LogP contribution is -2.39. The highest BCUT2D eigenvalue weighted by molar-refractivity contribution is 6.30. The third kappa shape index (κ3) is 2.67. The van der Waals surface area contributed by atoms with Gasteiger partial charge in [-0.2, -0.15) is 5.10 Å². The Hall–Kier alpha value is -0.580. The summed E-state index contributed by atoms with van der Waals surface area (Å²) in [5, 5.41) is 24.6. The van der Waals surface area contributed by atoms with Gasteiger partial charge in [-0.25, -0.2) is 0 Å². The highest BCUT2D eigenvalue weighted by atomic mass is 35.5. The maximum atomic E-state index is 9.86. The number of aryl methyl sites for hydroxylation is 2. The minimum Gasteiger partial charge on any atom is -0.396 e. The fourth-order valence-electron chi connectivity index (χ4n) is 3.33. The number of aliphatic hydroxyl groups excluding tert-OH is 2. The fourth-order valence-corrected chi connectivity index (χ4v) is 3.57. The zero-order valence-electron chi connectivity index (χ0n) is 11.7. The molecule has 0 radical (unpaired) electrons. The van der Waals surface area contributed by atoms with Crippen LogP contribution in [0.3, 0.4) is 0 Å². The van der Waals surface area contributed by atoms with Crippen molar-refractivity contribution in [3.05, 3.63) is 16.4 Å². The minimum atomic E-state index is -0.464. The highest BCUT2D eigenvalue weighted by Gasteiger charge is 2.40. The molecule has 0 unspecified atom stereocenters. The maximum Gasteiger partial charge on any atom is 0.130 e. The molecule has 1 aliphatic rings. The number of hydrogen-bond acceptors (Lipinski definition) is 3. The quantitative estimate of drug-likeness (QED) is 0.871. The van der Waals surface area contributed by atoms with Gasteiger partial charge in [-0.15, -0.1) is 0 Å². The fraction of sp³-hybridized carbons (Fsp3) is 0.786. The second-order valence-electron chi connectivity index (χ2n) is 5.82. The maximum absolute atomic E-state index is 9.86. The largest absolute Gasteiger partial charge is 0.396 e. The molecular weight excluding hydrogens is 264 g/mol. The molecule has 1 aromatic heterocycles. The summed E-state index contributed by atoms with van der Waals surface area (Å²) in [6, 6.07) is 0. The smallest absolute Gasteiger partial charge is 0.130 e. The summed E-state index contributed by atoms with van der Waals surface area (Å²) < 4.78 is 1.65. The van der Waals surface area contributed by atoms with Gasteiger partial charge in [0.2, 0.25) is 0 Å². The lowest BCUT2D eigenvalue weighted by atomic mass is 9.71. The van der Waals surface area contributed by atoms with Gasteiger partial charge in [0.1, 0.15) is 5.15 Å². The molecule has 0 aromatic carbocycles. The molecule has 4 nitrogen and oxygen atoms in total. The minimum absolute atomic E-state index is 0.00116. The molecule has 0 spiro atoms. The predicted molar refractivity (Wildman–Crippen MR) is 75.2 cm³/mol. The van der Waals surface area contributed by atoms with Gasteiger partial charge in [0.25, 0.3) is 0 Å². The first-order valence-electron chi connectivity index (χ1n) is 6.94. The van der Waals surface area contributed by atoms with Crippen LogP contribution < -0.4 is 0 Å². The van der Waals surface area contributed by atoms with Crippen LogP contribution in [0.15, 0.2) is 0 Å². The van der Waals surface area contributed by atoms with E-state index in [0.717, 1.165) is 24.1 Å². The van der Waals surface area contributed by atoms with Crippen molar-refractivity contribution in [3.63, 3.8) is 0 Å². The Morgan fingerprint density at radius 2 is 1.89 bits per heavy atom. The first-order chi connectivity index (χ1) is 9.04. The SMILES string of the molecule is Cc1nn(C)c(Cl)c1CC(CO)(CO)C1CCCC1. The third-order valence-electron chi connectivity index (χ3n) is 4.65. The molecule has 0 bridgehead atoms. The van der Waals surface area contributed by atoms with Gasteiger partial charge in [0.05, 0.1) is 18.9 Å². The molecular formula is C14H23ClN2O2. The van der Waals surface area contributed by atoms with Gasteiger partial charge >= 0.3 is 0 Å². The number of halogens is 1. The average Bonchev–Trinajstić information content (AvgIpc) is 3.00. The lowest BCUT2D eigenvalue weighted by Gasteiger charge is -2.36. The monoisotopic (exact) mass is 286 g/mol. The molecule has 1 saturated carbocycles. The molecule has 0 amide bonds. The summed E-state index contributed by atoms with van der Waals surface area (Å²) in [4.78, 5) is 0. The van der Waals surface area contributed by atoms with Crippen molar-refractivity contribution in [2.75, 3.05) is 13.2 Å². The van der Waals surface area contributed by atoms with Gasteiger partial charge in [-0.3, -0.25) is 4.68 Å². The first-order valence-corrected chi connectivity index (χ1v) is 7.31. The van der Waals surface area contributed by atoms with E-state index in [1.165, 1.54) is 12.8 Å². The molecule has 19 heavy (non-hydrogen) atoms. The van der Waals surface area contributed by atoms with Crippen LogP contribution in [0.2, 0.25) is 5.15 Å². The zero-order chi connectivity index (χ0) is 14.0. The Kier molecular flexibility index (Phi) is 4.54. The second kappa shape index (κ2) is 5.81. The molecule has 5 heteroatoms. The molecule has 2 rings (SSSR count). The van der Waals surface area contributed by atoms with Crippen LogP contribution in [-0.2, 0) is 13.5 Å². The molecule has 1 aromatic rings. The average molecular weight is 287 g/mol. The summed E-state index contributed by atoms with van der Waals surface area (Å²) in [5.74, 6) is 0.373. The van der Waals surface area contributed by atoms with E-state index < -0.39 is 5.41 Å². The molecule has 108 valence electrons. The van der Waals surface area contributed by atoms with Crippen molar-refractivity contribution in [3.8, 4) is 0 Å². The van der Waals surface area contributed by atoms with Gasteiger partial charge in [0, 0.05) is 18.0 Å². The normalized spacial score (nSPS) is 17.3. The van der Waals surface area contributed by atoms with Crippen LogP contribution in [0.5, 0.6) is 0 Å². The summed E-state index contributed by atoms with van der Waals surface area (Å²) in [5.41, 5.74) is 1.38. The van der Waals surface area contributed by atoms with E-state index in [1.54, 1.807) is 4.68 Å². The van der Waals surface area contributed by atoms with E-state index in [1.807, 2.05) is 14.0 Å². The molecule has 1 aliphatic carbocycles. The van der Waals surface area contributed by atoms with Crippen molar-refractivity contribution < 1.29 is 10.2 Å². The zero-order valence-corrected chi connectivity index (χ0v) is 12.4.